The number of benzene rings is 1. The molecule has 0 N–H and O–H groups in total. The van der Waals surface area contributed by atoms with E-state index >= 15 is 0 Å². The predicted molar refractivity (Wildman–Crippen MR) is 78.1 cm³/mol. The zero-order chi connectivity index (χ0) is 14.2. The lowest BCUT2D eigenvalue weighted by atomic mass is 10.1. The van der Waals surface area contributed by atoms with Crippen LogP contribution in [0.1, 0.15) is 5.56 Å². The number of hydrogen-bond acceptors (Lipinski definition) is 5. The first-order valence-electron chi connectivity index (χ1n) is 7.61. The summed E-state index contributed by atoms with van der Waals surface area (Å²) in [5.41, 5.74) is 2.47. The Morgan fingerprint density at radius 1 is 1.05 bits per heavy atom. The van der Waals surface area contributed by atoms with Crippen molar-refractivity contribution in [2.24, 2.45) is 0 Å². The summed E-state index contributed by atoms with van der Waals surface area (Å²) in [7, 11) is 0. The van der Waals surface area contributed by atoms with Crippen molar-refractivity contribution >= 4 is 5.69 Å². The lowest BCUT2D eigenvalue weighted by Gasteiger charge is -2.25. The van der Waals surface area contributed by atoms with Gasteiger partial charge < -0.3 is 23.8 Å². The molecule has 3 atom stereocenters. The van der Waals surface area contributed by atoms with Crippen LogP contribution in [0.4, 0.5) is 5.69 Å². The molecule has 0 spiro atoms. The van der Waals surface area contributed by atoms with E-state index in [4.69, 9.17) is 18.9 Å². The minimum absolute atomic E-state index is 0.292. The van der Waals surface area contributed by atoms with E-state index in [0.29, 0.717) is 24.9 Å². The monoisotopic (exact) mass is 291 g/mol. The predicted octanol–water partition coefficient (Wildman–Crippen LogP) is 1.38. The SMILES string of the molecule is Cc1cc(OC[C@H]2CO2)ccc1N(C[C@H]1CO1)C[C@@H]1CO1. The molecule has 0 bridgehead atoms. The number of nitrogens with zero attached hydrogens (tertiary/aromatic N) is 1. The molecule has 3 aliphatic heterocycles. The molecule has 4 rings (SSSR count). The Balaban J connectivity index is 1.44. The summed E-state index contributed by atoms with van der Waals surface area (Å²) in [5, 5.41) is 0. The third kappa shape index (κ3) is 3.67. The largest absolute Gasteiger partial charge is 0.491 e. The molecule has 5 heteroatoms. The fourth-order valence-electron chi connectivity index (χ4n) is 2.54. The molecule has 21 heavy (non-hydrogen) atoms. The molecule has 0 amide bonds. The van der Waals surface area contributed by atoms with Crippen LogP contribution in [0.3, 0.4) is 0 Å². The minimum Gasteiger partial charge on any atom is -0.491 e. The zero-order valence-corrected chi connectivity index (χ0v) is 12.3. The highest BCUT2D eigenvalue weighted by Crippen LogP contribution is 2.28. The molecule has 1 aromatic rings. The number of rotatable bonds is 8. The van der Waals surface area contributed by atoms with Gasteiger partial charge in [0.2, 0.25) is 0 Å². The number of ether oxygens (including phenoxy) is 4. The Morgan fingerprint density at radius 2 is 1.67 bits per heavy atom. The third-order valence-corrected chi connectivity index (χ3v) is 4.00. The summed E-state index contributed by atoms with van der Waals surface area (Å²) in [4.78, 5) is 2.37. The summed E-state index contributed by atoms with van der Waals surface area (Å²) in [6.45, 7) is 7.24. The van der Waals surface area contributed by atoms with Crippen molar-refractivity contribution in [3.8, 4) is 5.75 Å². The molecule has 3 saturated heterocycles. The molecular formula is C16H21NO4. The van der Waals surface area contributed by atoms with Gasteiger partial charge in [-0.1, -0.05) is 0 Å². The zero-order valence-electron chi connectivity index (χ0n) is 12.3. The molecule has 3 heterocycles. The van der Waals surface area contributed by atoms with E-state index in [1.165, 1.54) is 11.3 Å². The fourth-order valence-corrected chi connectivity index (χ4v) is 2.54. The lowest BCUT2D eigenvalue weighted by Crippen LogP contribution is -2.32. The number of anilines is 1. The van der Waals surface area contributed by atoms with E-state index in [2.05, 4.69) is 24.0 Å². The topological polar surface area (TPSA) is 50.1 Å². The van der Waals surface area contributed by atoms with Crippen molar-refractivity contribution in [2.45, 2.75) is 25.2 Å². The van der Waals surface area contributed by atoms with E-state index in [-0.39, 0.29) is 0 Å². The summed E-state index contributed by atoms with van der Waals surface area (Å²) in [6.07, 6.45) is 1.05. The fraction of sp³-hybridized carbons (Fsp3) is 0.625. The molecule has 1 aromatic carbocycles. The Hall–Kier alpha value is -1.30. The van der Waals surface area contributed by atoms with E-state index in [9.17, 15) is 0 Å². The lowest BCUT2D eigenvalue weighted by molar-refractivity contribution is 0.263. The van der Waals surface area contributed by atoms with Gasteiger partial charge in [0.05, 0.1) is 32.0 Å². The van der Waals surface area contributed by atoms with Crippen LogP contribution in [-0.4, -0.2) is 57.8 Å². The van der Waals surface area contributed by atoms with Gasteiger partial charge in [0, 0.05) is 18.8 Å². The van der Waals surface area contributed by atoms with Crippen molar-refractivity contribution in [2.75, 3.05) is 44.4 Å². The van der Waals surface area contributed by atoms with Crippen molar-refractivity contribution in [1.29, 1.82) is 0 Å². The Labute approximate surface area is 124 Å². The molecular weight excluding hydrogens is 270 g/mol. The van der Waals surface area contributed by atoms with Crippen LogP contribution < -0.4 is 9.64 Å². The summed E-state index contributed by atoms with van der Waals surface area (Å²) in [6, 6.07) is 6.29. The highest BCUT2D eigenvalue weighted by atomic mass is 16.6. The van der Waals surface area contributed by atoms with Crippen LogP contribution in [-0.2, 0) is 14.2 Å². The van der Waals surface area contributed by atoms with Crippen LogP contribution in [0.15, 0.2) is 18.2 Å². The molecule has 3 fully saturated rings. The normalized spacial score (nSPS) is 29.1. The van der Waals surface area contributed by atoms with Gasteiger partial charge in [0.15, 0.2) is 0 Å². The van der Waals surface area contributed by atoms with Gasteiger partial charge >= 0.3 is 0 Å². The van der Waals surface area contributed by atoms with Gasteiger partial charge in [-0.05, 0) is 30.7 Å². The highest BCUT2D eigenvalue weighted by Gasteiger charge is 2.31. The second kappa shape index (κ2) is 5.48. The highest BCUT2D eigenvalue weighted by molar-refractivity contribution is 5.56. The molecule has 0 saturated carbocycles. The van der Waals surface area contributed by atoms with Crippen LogP contribution in [0.25, 0.3) is 0 Å². The standard InChI is InChI=1S/C16H21NO4/c1-11-4-12(18-9-15-10-21-15)2-3-16(11)17(5-13-7-19-13)6-14-8-20-14/h2-4,13-15H,5-10H2,1H3/t13-,14+,15-/m0/s1. The van der Waals surface area contributed by atoms with E-state index < -0.39 is 0 Å². The first-order chi connectivity index (χ1) is 10.3. The van der Waals surface area contributed by atoms with Crippen LogP contribution in [0.5, 0.6) is 5.75 Å². The van der Waals surface area contributed by atoms with Gasteiger partial charge in [0.25, 0.3) is 0 Å². The summed E-state index contributed by atoms with van der Waals surface area (Å²) >= 11 is 0. The molecule has 114 valence electrons. The average molecular weight is 291 g/mol. The smallest absolute Gasteiger partial charge is 0.119 e. The molecule has 3 aliphatic rings. The van der Waals surface area contributed by atoms with Crippen LogP contribution >= 0.6 is 0 Å². The number of epoxide rings is 3. The second-order valence-electron chi connectivity index (χ2n) is 6.03. The van der Waals surface area contributed by atoms with Crippen molar-refractivity contribution in [3.63, 3.8) is 0 Å². The van der Waals surface area contributed by atoms with Gasteiger partial charge in [0.1, 0.15) is 18.5 Å². The summed E-state index contributed by atoms with van der Waals surface area (Å²) < 4.78 is 21.7. The summed E-state index contributed by atoms with van der Waals surface area (Å²) in [5.74, 6) is 0.914. The van der Waals surface area contributed by atoms with Crippen molar-refractivity contribution in [3.05, 3.63) is 23.8 Å². The first-order valence-corrected chi connectivity index (χ1v) is 7.61. The van der Waals surface area contributed by atoms with Gasteiger partial charge in [-0.3, -0.25) is 0 Å². The van der Waals surface area contributed by atoms with E-state index in [1.807, 2.05) is 6.07 Å². The average Bonchev–Trinajstić information content (AvgIpc) is 3.33. The maximum absolute atomic E-state index is 5.74. The molecule has 0 aliphatic carbocycles. The molecule has 0 radical (unpaired) electrons. The van der Waals surface area contributed by atoms with Crippen LogP contribution in [0, 0.1) is 6.92 Å². The van der Waals surface area contributed by atoms with Crippen LogP contribution in [0.2, 0.25) is 0 Å². The van der Waals surface area contributed by atoms with Crippen molar-refractivity contribution in [1.82, 2.24) is 0 Å². The third-order valence-electron chi connectivity index (χ3n) is 4.00. The molecule has 0 aromatic heterocycles. The maximum atomic E-state index is 5.74. The Kier molecular flexibility index (Phi) is 3.49. The van der Waals surface area contributed by atoms with E-state index in [1.54, 1.807) is 0 Å². The molecule has 0 unspecified atom stereocenters. The quantitative estimate of drug-likeness (QED) is 0.677. The number of aryl methyl sites for hydroxylation is 1. The van der Waals surface area contributed by atoms with Crippen molar-refractivity contribution < 1.29 is 18.9 Å². The second-order valence-corrected chi connectivity index (χ2v) is 6.03. The minimum atomic E-state index is 0.292. The van der Waals surface area contributed by atoms with Gasteiger partial charge in [-0.25, -0.2) is 0 Å². The first kappa shape index (κ1) is 13.4. The molecule has 5 nitrogen and oxygen atoms in total. The Morgan fingerprint density at radius 3 is 2.19 bits per heavy atom. The number of hydrogen-bond donors (Lipinski definition) is 0. The van der Waals surface area contributed by atoms with E-state index in [0.717, 1.165) is 38.7 Å². The van der Waals surface area contributed by atoms with Gasteiger partial charge in [-0.2, -0.15) is 0 Å². The Bertz CT molecular complexity index is 495. The van der Waals surface area contributed by atoms with Gasteiger partial charge in [-0.15, -0.1) is 0 Å². The maximum Gasteiger partial charge on any atom is 0.119 e.